The van der Waals surface area contributed by atoms with Gasteiger partial charge < -0.3 is 9.84 Å². The quantitative estimate of drug-likeness (QED) is 0.874. The highest BCUT2D eigenvalue weighted by atomic mass is 16.5. The maximum atomic E-state index is 4.95. The minimum atomic E-state index is 0.545. The van der Waals surface area contributed by atoms with Crippen LogP contribution in [-0.4, -0.2) is 22.7 Å². The minimum Gasteiger partial charge on any atom is -0.340 e. The molecule has 1 saturated carbocycles. The molecule has 0 bridgehead atoms. The highest BCUT2D eigenvalue weighted by molar-refractivity contribution is 4.86. The molecule has 0 aliphatic heterocycles. The van der Waals surface area contributed by atoms with Crippen molar-refractivity contribution in [3.63, 3.8) is 0 Å². The van der Waals surface area contributed by atoms with E-state index in [-0.39, 0.29) is 0 Å². The van der Waals surface area contributed by atoms with Crippen molar-refractivity contribution in [2.75, 3.05) is 6.54 Å². The summed E-state index contributed by atoms with van der Waals surface area (Å²) in [6.45, 7) is 7.51. The molecule has 0 radical (unpaired) electrons. The molecule has 1 aromatic rings. The van der Waals surface area contributed by atoms with Gasteiger partial charge in [0.05, 0.1) is 0 Å². The van der Waals surface area contributed by atoms with E-state index in [2.05, 4.69) is 29.3 Å². The molecule has 1 aliphatic rings. The highest BCUT2D eigenvalue weighted by Gasteiger charge is 2.26. The molecular formula is C13H23N3O. The van der Waals surface area contributed by atoms with Crippen LogP contribution in [0.25, 0.3) is 0 Å². The van der Waals surface area contributed by atoms with Crippen molar-refractivity contribution in [3.05, 3.63) is 11.7 Å². The van der Waals surface area contributed by atoms with Crippen LogP contribution in [-0.2, 0) is 6.42 Å². The number of hydrogen-bond acceptors (Lipinski definition) is 4. The molecule has 4 nitrogen and oxygen atoms in total. The van der Waals surface area contributed by atoms with Gasteiger partial charge in [-0.25, -0.2) is 0 Å². The lowest BCUT2D eigenvalue weighted by Gasteiger charge is -2.34. The van der Waals surface area contributed by atoms with E-state index < -0.39 is 0 Å². The summed E-state index contributed by atoms with van der Waals surface area (Å²) in [5.74, 6) is 1.46. The van der Waals surface area contributed by atoms with Crippen molar-refractivity contribution < 1.29 is 4.52 Å². The molecule has 17 heavy (non-hydrogen) atoms. The minimum absolute atomic E-state index is 0.545. The lowest BCUT2D eigenvalue weighted by molar-refractivity contribution is 0.207. The first kappa shape index (κ1) is 12.6. The molecule has 0 aromatic carbocycles. The van der Waals surface area contributed by atoms with E-state index >= 15 is 0 Å². The van der Waals surface area contributed by atoms with Crippen LogP contribution in [0, 0.1) is 12.3 Å². The normalized spacial score (nSPS) is 20.6. The molecule has 1 heterocycles. The third-order valence-electron chi connectivity index (χ3n) is 3.69. The van der Waals surface area contributed by atoms with Gasteiger partial charge >= 0.3 is 0 Å². The first-order chi connectivity index (χ1) is 8.05. The number of aryl methyl sites for hydroxylation is 1. The van der Waals surface area contributed by atoms with Gasteiger partial charge in [-0.3, -0.25) is 0 Å². The van der Waals surface area contributed by atoms with E-state index in [4.69, 9.17) is 4.52 Å². The van der Waals surface area contributed by atoms with Crippen LogP contribution in [0.3, 0.4) is 0 Å². The van der Waals surface area contributed by atoms with Crippen LogP contribution in [0.5, 0.6) is 0 Å². The first-order valence-electron chi connectivity index (χ1n) is 6.58. The Morgan fingerprint density at radius 1 is 1.35 bits per heavy atom. The number of aromatic nitrogens is 2. The van der Waals surface area contributed by atoms with Gasteiger partial charge in [0.2, 0.25) is 5.89 Å². The summed E-state index contributed by atoms with van der Waals surface area (Å²) in [4.78, 5) is 4.20. The van der Waals surface area contributed by atoms with Crippen molar-refractivity contribution >= 4 is 0 Å². The average molecular weight is 237 g/mol. The lowest BCUT2D eigenvalue weighted by atomic mass is 9.75. The first-order valence-corrected chi connectivity index (χ1v) is 6.58. The van der Waals surface area contributed by atoms with E-state index in [1.807, 2.05) is 6.92 Å². The van der Waals surface area contributed by atoms with Crippen molar-refractivity contribution in [2.24, 2.45) is 5.41 Å². The van der Waals surface area contributed by atoms with Crippen LogP contribution in [0.15, 0.2) is 4.52 Å². The molecule has 0 saturated heterocycles. The topological polar surface area (TPSA) is 51.0 Å². The largest absolute Gasteiger partial charge is 0.340 e. The van der Waals surface area contributed by atoms with Crippen molar-refractivity contribution in [3.8, 4) is 0 Å². The van der Waals surface area contributed by atoms with E-state index in [9.17, 15) is 0 Å². The molecule has 1 aromatic heterocycles. The molecule has 1 aliphatic carbocycles. The summed E-state index contributed by atoms with van der Waals surface area (Å²) in [5, 5.41) is 7.49. The zero-order valence-electron chi connectivity index (χ0n) is 11.1. The van der Waals surface area contributed by atoms with Crippen molar-refractivity contribution in [2.45, 2.75) is 58.9 Å². The molecule has 96 valence electrons. The molecule has 0 spiro atoms. The van der Waals surface area contributed by atoms with Gasteiger partial charge in [0, 0.05) is 25.9 Å². The standard InChI is InChI=1S/C13H23N3O/c1-10-15-12(16-17-10)6-9-14-11-4-7-13(2,3)8-5-11/h11,14H,4-9H2,1-3H3. The number of rotatable bonds is 4. The molecule has 2 rings (SSSR count). The predicted octanol–water partition coefficient (Wildman–Crippen LogP) is 2.48. The monoisotopic (exact) mass is 237 g/mol. The summed E-state index contributed by atoms with van der Waals surface area (Å²) in [6.07, 6.45) is 6.09. The zero-order chi connectivity index (χ0) is 12.3. The smallest absolute Gasteiger partial charge is 0.223 e. The van der Waals surface area contributed by atoms with Gasteiger partial charge in [-0.15, -0.1) is 0 Å². The number of nitrogens with zero attached hydrogens (tertiary/aromatic N) is 2. The van der Waals surface area contributed by atoms with Gasteiger partial charge in [-0.1, -0.05) is 19.0 Å². The fourth-order valence-corrected chi connectivity index (χ4v) is 2.43. The third-order valence-corrected chi connectivity index (χ3v) is 3.69. The van der Waals surface area contributed by atoms with Crippen molar-refractivity contribution in [1.82, 2.24) is 15.5 Å². The average Bonchev–Trinajstić information content (AvgIpc) is 2.67. The Morgan fingerprint density at radius 2 is 2.06 bits per heavy atom. The maximum Gasteiger partial charge on any atom is 0.223 e. The highest BCUT2D eigenvalue weighted by Crippen LogP contribution is 2.34. The maximum absolute atomic E-state index is 4.95. The molecule has 1 fully saturated rings. The van der Waals surface area contributed by atoms with Crippen molar-refractivity contribution in [1.29, 1.82) is 0 Å². The third kappa shape index (κ3) is 3.80. The summed E-state index contributed by atoms with van der Waals surface area (Å²) < 4.78 is 4.95. The second-order valence-electron chi connectivity index (χ2n) is 5.87. The Balaban J connectivity index is 1.66. The second kappa shape index (κ2) is 5.17. The van der Waals surface area contributed by atoms with Crippen LogP contribution < -0.4 is 5.32 Å². The zero-order valence-corrected chi connectivity index (χ0v) is 11.1. The number of nitrogens with one attached hydrogen (secondary N) is 1. The van der Waals surface area contributed by atoms with Gasteiger partial charge in [0.25, 0.3) is 0 Å². The van der Waals surface area contributed by atoms with Gasteiger partial charge in [-0.05, 0) is 31.1 Å². The summed E-state index contributed by atoms with van der Waals surface area (Å²) >= 11 is 0. The van der Waals surface area contributed by atoms with E-state index in [1.54, 1.807) is 0 Å². The van der Waals surface area contributed by atoms with Gasteiger partial charge in [0.15, 0.2) is 5.82 Å². The molecule has 0 unspecified atom stereocenters. The van der Waals surface area contributed by atoms with Gasteiger partial charge in [-0.2, -0.15) is 4.98 Å². The Labute approximate surface area is 103 Å². The van der Waals surface area contributed by atoms with Crippen LogP contribution >= 0.6 is 0 Å². The fraction of sp³-hybridized carbons (Fsp3) is 0.846. The Bertz CT molecular complexity index is 349. The summed E-state index contributed by atoms with van der Waals surface area (Å²) in [7, 11) is 0. The molecule has 0 amide bonds. The fourth-order valence-electron chi connectivity index (χ4n) is 2.43. The second-order valence-corrected chi connectivity index (χ2v) is 5.87. The Morgan fingerprint density at radius 3 is 2.65 bits per heavy atom. The Kier molecular flexibility index (Phi) is 3.82. The number of hydrogen-bond donors (Lipinski definition) is 1. The predicted molar refractivity (Wildman–Crippen MR) is 66.8 cm³/mol. The van der Waals surface area contributed by atoms with E-state index in [1.165, 1.54) is 25.7 Å². The molecular weight excluding hydrogens is 214 g/mol. The molecule has 1 N–H and O–H groups in total. The lowest BCUT2D eigenvalue weighted by Crippen LogP contribution is -2.36. The summed E-state index contributed by atoms with van der Waals surface area (Å²) in [6, 6.07) is 0.677. The van der Waals surface area contributed by atoms with E-state index in [0.717, 1.165) is 18.8 Å². The Hall–Kier alpha value is -0.900. The van der Waals surface area contributed by atoms with Gasteiger partial charge in [0.1, 0.15) is 0 Å². The van der Waals surface area contributed by atoms with Crippen LogP contribution in [0.1, 0.15) is 51.2 Å². The SMILES string of the molecule is Cc1nc(CCNC2CCC(C)(C)CC2)no1. The van der Waals surface area contributed by atoms with E-state index in [0.29, 0.717) is 17.3 Å². The van der Waals surface area contributed by atoms with Crippen LogP contribution in [0.2, 0.25) is 0 Å². The molecule has 4 heteroatoms. The molecule has 0 atom stereocenters. The van der Waals surface area contributed by atoms with Crippen LogP contribution in [0.4, 0.5) is 0 Å². The summed E-state index contributed by atoms with van der Waals surface area (Å²) in [5.41, 5.74) is 0.545.